The Morgan fingerprint density at radius 3 is 2.74 bits per heavy atom. The van der Waals surface area contributed by atoms with Crippen LogP contribution >= 0.6 is 0 Å². The maximum absolute atomic E-state index is 12.3. The van der Waals surface area contributed by atoms with E-state index in [0.29, 0.717) is 17.1 Å². The molecule has 7 heteroatoms. The van der Waals surface area contributed by atoms with Crippen molar-refractivity contribution in [3.8, 4) is 11.4 Å². The molecule has 3 aromatic rings. The fourth-order valence-electron chi connectivity index (χ4n) is 2.27. The van der Waals surface area contributed by atoms with Crippen molar-refractivity contribution in [1.29, 1.82) is 0 Å². The number of nitrogens with zero attached hydrogens (tertiary/aromatic N) is 4. The highest BCUT2D eigenvalue weighted by Gasteiger charge is 2.11. The van der Waals surface area contributed by atoms with E-state index in [1.54, 1.807) is 13.2 Å². The van der Waals surface area contributed by atoms with Gasteiger partial charge in [-0.25, -0.2) is 0 Å². The van der Waals surface area contributed by atoms with Crippen LogP contribution in [0.2, 0.25) is 0 Å². The Morgan fingerprint density at radius 1 is 1.17 bits per heavy atom. The maximum Gasteiger partial charge on any atom is 0.228 e. The number of benzene rings is 2. The van der Waals surface area contributed by atoms with Crippen molar-refractivity contribution in [3.63, 3.8) is 0 Å². The molecular formula is C16H15N5O2. The second-order valence-corrected chi connectivity index (χ2v) is 4.81. The lowest BCUT2D eigenvalue weighted by Crippen LogP contribution is -2.16. The van der Waals surface area contributed by atoms with Crippen molar-refractivity contribution >= 4 is 11.6 Å². The monoisotopic (exact) mass is 309 g/mol. The molecule has 0 aliphatic heterocycles. The molecule has 1 amide bonds. The molecule has 0 fully saturated rings. The Labute approximate surface area is 132 Å². The smallest absolute Gasteiger partial charge is 0.228 e. The van der Waals surface area contributed by atoms with Crippen molar-refractivity contribution in [1.82, 2.24) is 20.2 Å². The summed E-state index contributed by atoms with van der Waals surface area (Å²) in [7, 11) is 1.59. The number of anilines is 1. The lowest BCUT2D eigenvalue weighted by molar-refractivity contribution is -0.115. The molecule has 0 unspecified atom stereocenters. The average molecular weight is 309 g/mol. The second kappa shape index (κ2) is 6.69. The van der Waals surface area contributed by atoms with E-state index in [-0.39, 0.29) is 12.3 Å². The minimum Gasteiger partial charge on any atom is -0.496 e. The average Bonchev–Trinajstić information content (AvgIpc) is 3.10. The van der Waals surface area contributed by atoms with E-state index < -0.39 is 0 Å². The molecule has 0 aliphatic carbocycles. The summed E-state index contributed by atoms with van der Waals surface area (Å²) >= 11 is 0. The number of ether oxygens (including phenoxy) is 1. The molecule has 0 atom stereocenters. The third-order valence-electron chi connectivity index (χ3n) is 3.32. The number of hydrogen-bond acceptors (Lipinski definition) is 5. The van der Waals surface area contributed by atoms with Gasteiger partial charge in [-0.2, -0.15) is 4.68 Å². The summed E-state index contributed by atoms with van der Waals surface area (Å²) in [6, 6.07) is 14.8. The van der Waals surface area contributed by atoms with Gasteiger partial charge in [0.2, 0.25) is 5.91 Å². The van der Waals surface area contributed by atoms with Gasteiger partial charge in [0, 0.05) is 5.56 Å². The lowest BCUT2D eigenvalue weighted by atomic mass is 10.1. The van der Waals surface area contributed by atoms with E-state index >= 15 is 0 Å². The number of carbonyl (C=O) groups excluding carboxylic acids is 1. The zero-order valence-corrected chi connectivity index (χ0v) is 12.5. The highest BCUT2D eigenvalue weighted by Crippen LogP contribution is 2.21. The number of rotatable bonds is 5. The van der Waals surface area contributed by atoms with Crippen molar-refractivity contribution in [2.75, 3.05) is 12.4 Å². The van der Waals surface area contributed by atoms with Crippen LogP contribution in [0.4, 0.5) is 5.69 Å². The van der Waals surface area contributed by atoms with Crippen LogP contribution in [-0.2, 0) is 11.2 Å². The summed E-state index contributed by atoms with van der Waals surface area (Å²) < 4.78 is 6.77. The molecule has 7 nitrogen and oxygen atoms in total. The molecule has 0 bridgehead atoms. The zero-order chi connectivity index (χ0) is 16.1. The number of amides is 1. The van der Waals surface area contributed by atoms with E-state index in [4.69, 9.17) is 4.74 Å². The Hall–Kier alpha value is -3.22. The lowest BCUT2D eigenvalue weighted by Gasteiger charge is -2.11. The molecule has 116 valence electrons. The van der Waals surface area contributed by atoms with Gasteiger partial charge in [0.05, 0.1) is 24.9 Å². The summed E-state index contributed by atoms with van der Waals surface area (Å²) in [5.41, 5.74) is 2.16. The van der Waals surface area contributed by atoms with Crippen molar-refractivity contribution in [2.45, 2.75) is 6.42 Å². The summed E-state index contributed by atoms with van der Waals surface area (Å²) in [5.74, 6) is 0.548. The number of nitrogens with one attached hydrogen (secondary N) is 1. The first-order chi connectivity index (χ1) is 11.3. The highest BCUT2D eigenvalue weighted by molar-refractivity contribution is 5.94. The SMILES string of the molecule is COc1ccccc1CC(=O)Nc1ccccc1-n1cnnn1. The molecule has 1 N–H and O–H groups in total. The van der Waals surface area contributed by atoms with E-state index in [1.165, 1.54) is 11.0 Å². The van der Waals surface area contributed by atoms with Gasteiger partial charge in [0.25, 0.3) is 0 Å². The Kier molecular flexibility index (Phi) is 4.28. The highest BCUT2D eigenvalue weighted by atomic mass is 16.5. The Bertz CT molecular complexity index is 802. The van der Waals surface area contributed by atoms with Crippen LogP contribution in [0.3, 0.4) is 0 Å². The van der Waals surface area contributed by atoms with Gasteiger partial charge in [0.15, 0.2) is 0 Å². The standard InChI is InChI=1S/C16H15N5O2/c1-23-15-9-5-2-6-12(15)10-16(22)18-13-7-3-4-8-14(13)21-11-17-19-20-21/h2-9,11H,10H2,1H3,(H,18,22). The van der Waals surface area contributed by atoms with E-state index in [0.717, 1.165) is 5.56 Å². The molecule has 2 aromatic carbocycles. The fourth-order valence-corrected chi connectivity index (χ4v) is 2.27. The molecule has 1 aromatic heterocycles. The summed E-state index contributed by atoms with van der Waals surface area (Å²) in [6.07, 6.45) is 1.69. The van der Waals surface area contributed by atoms with Crippen LogP contribution in [0, 0.1) is 0 Å². The number of carbonyl (C=O) groups is 1. The number of methoxy groups -OCH3 is 1. The third-order valence-corrected chi connectivity index (χ3v) is 3.32. The van der Waals surface area contributed by atoms with Gasteiger partial charge >= 0.3 is 0 Å². The molecule has 0 spiro atoms. The molecule has 0 saturated carbocycles. The number of para-hydroxylation sites is 3. The van der Waals surface area contributed by atoms with Gasteiger partial charge in [-0.1, -0.05) is 30.3 Å². The number of aromatic nitrogens is 4. The molecule has 0 aliphatic rings. The number of hydrogen-bond donors (Lipinski definition) is 1. The molecule has 3 rings (SSSR count). The van der Waals surface area contributed by atoms with Gasteiger partial charge in [-0.15, -0.1) is 5.10 Å². The minimum absolute atomic E-state index is 0.143. The Balaban J connectivity index is 1.79. The summed E-state index contributed by atoms with van der Waals surface area (Å²) in [6.45, 7) is 0. The van der Waals surface area contributed by atoms with Crippen molar-refractivity contribution < 1.29 is 9.53 Å². The topological polar surface area (TPSA) is 81.9 Å². The van der Waals surface area contributed by atoms with Crippen LogP contribution < -0.4 is 10.1 Å². The van der Waals surface area contributed by atoms with Crippen LogP contribution in [-0.4, -0.2) is 33.2 Å². The first kappa shape index (κ1) is 14.7. The van der Waals surface area contributed by atoms with E-state index in [1.807, 2.05) is 42.5 Å². The fraction of sp³-hybridized carbons (Fsp3) is 0.125. The van der Waals surface area contributed by atoms with Crippen molar-refractivity contribution in [2.24, 2.45) is 0 Å². The summed E-state index contributed by atoms with van der Waals surface area (Å²) in [5, 5.41) is 14.0. The van der Waals surface area contributed by atoms with Crippen LogP contribution in [0.5, 0.6) is 5.75 Å². The number of tetrazole rings is 1. The predicted octanol–water partition coefficient (Wildman–Crippen LogP) is 1.85. The largest absolute Gasteiger partial charge is 0.496 e. The van der Waals surface area contributed by atoms with Crippen LogP contribution in [0.25, 0.3) is 5.69 Å². The molecular weight excluding hydrogens is 294 g/mol. The van der Waals surface area contributed by atoms with Gasteiger partial charge < -0.3 is 10.1 Å². The first-order valence-electron chi connectivity index (χ1n) is 7.02. The normalized spacial score (nSPS) is 10.3. The maximum atomic E-state index is 12.3. The predicted molar refractivity (Wildman–Crippen MR) is 84.5 cm³/mol. The van der Waals surface area contributed by atoms with E-state index in [9.17, 15) is 4.79 Å². The molecule has 0 saturated heterocycles. The molecule has 23 heavy (non-hydrogen) atoms. The minimum atomic E-state index is -0.143. The van der Waals surface area contributed by atoms with Crippen LogP contribution in [0.15, 0.2) is 54.9 Å². The third kappa shape index (κ3) is 3.34. The van der Waals surface area contributed by atoms with Crippen molar-refractivity contribution in [3.05, 3.63) is 60.4 Å². The summed E-state index contributed by atoms with van der Waals surface area (Å²) in [4.78, 5) is 12.3. The van der Waals surface area contributed by atoms with Gasteiger partial charge in [-0.3, -0.25) is 4.79 Å². The van der Waals surface area contributed by atoms with Gasteiger partial charge in [-0.05, 0) is 28.6 Å². The Morgan fingerprint density at radius 2 is 1.96 bits per heavy atom. The van der Waals surface area contributed by atoms with Crippen LogP contribution in [0.1, 0.15) is 5.56 Å². The van der Waals surface area contributed by atoms with E-state index in [2.05, 4.69) is 20.8 Å². The zero-order valence-electron chi connectivity index (χ0n) is 12.5. The first-order valence-corrected chi connectivity index (χ1v) is 7.02. The molecule has 0 radical (unpaired) electrons. The quantitative estimate of drug-likeness (QED) is 0.778. The molecule has 1 heterocycles. The second-order valence-electron chi connectivity index (χ2n) is 4.81. The van der Waals surface area contributed by atoms with Gasteiger partial charge in [0.1, 0.15) is 12.1 Å².